The molecule has 0 fully saturated rings. The highest BCUT2D eigenvalue weighted by Crippen LogP contribution is 2.33. The van der Waals surface area contributed by atoms with Crippen LogP contribution in [0.1, 0.15) is 11.1 Å². The first-order valence-corrected chi connectivity index (χ1v) is 10.3. The maximum Gasteiger partial charge on any atom is 0.341 e. The molecule has 0 aliphatic heterocycles. The van der Waals surface area contributed by atoms with Gasteiger partial charge in [0, 0.05) is 21.8 Å². The predicted molar refractivity (Wildman–Crippen MR) is 115 cm³/mol. The number of rotatable bonds is 8. The molecule has 3 nitrogen and oxygen atoms in total. The van der Waals surface area contributed by atoms with Crippen LogP contribution in [0, 0.1) is 11.6 Å². The molecule has 7 heteroatoms. The van der Waals surface area contributed by atoms with E-state index < -0.39 is 24.2 Å². The molecule has 0 spiro atoms. The number of halogens is 3. The van der Waals surface area contributed by atoms with Crippen molar-refractivity contribution in [3.8, 4) is 5.75 Å². The van der Waals surface area contributed by atoms with E-state index in [1.165, 1.54) is 30.0 Å². The molecule has 0 aromatic heterocycles. The molecule has 0 saturated heterocycles. The zero-order chi connectivity index (χ0) is 21.5. The van der Waals surface area contributed by atoms with E-state index in [1.54, 1.807) is 54.6 Å². The van der Waals surface area contributed by atoms with Gasteiger partial charge in [-0.1, -0.05) is 54.1 Å². The van der Waals surface area contributed by atoms with Gasteiger partial charge in [0.05, 0.1) is 5.02 Å². The summed E-state index contributed by atoms with van der Waals surface area (Å²) >= 11 is 7.64. The van der Waals surface area contributed by atoms with Crippen molar-refractivity contribution in [3.63, 3.8) is 0 Å². The minimum absolute atomic E-state index is 0.312. The van der Waals surface area contributed by atoms with E-state index >= 15 is 0 Å². The lowest BCUT2D eigenvalue weighted by Gasteiger charge is -2.11. The molecule has 0 radical (unpaired) electrons. The van der Waals surface area contributed by atoms with Gasteiger partial charge in [0.25, 0.3) is 0 Å². The van der Waals surface area contributed by atoms with Crippen LogP contribution in [0.2, 0.25) is 5.02 Å². The van der Waals surface area contributed by atoms with E-state index in [4.69, 9.17) is 21.4 Å². The number of ether oxygens (including phenoxy) is 1. The number of hydrogen-bond donors (Lipinski definition) is 1. The van der Waals surface area contributed by atoms with Crippen LogP contribution in [-0.2, 0) is 4.79 Å². The van der Waals surface area contributed by atoms with Crippen molar-refractivity contribution in [1.82, 2.24) is 0 Å². The molecule has 3 aromatic rings. The van der Waals surface area contributed by atoms with E-state index in [-0.39, 0.29) is 0 Å². The largest absolute Gasteiger partial charge is 0.482 e. The summed E-state index contributed by atoms with van der Waals surface area (Å²) in [5.41, 5.74) is 1.08. The second-order valence-corrected chi connectivity index (χ2v) is 7.63. The van der Waals surface area contributed by atoms with Crippen molar-refractivity contribution < 1.29 is 23.4 Å². The van der Waals surface area contributed by atoms with Gasteiger partial charge in [0.15, 0.2) is 6.61 Å². The summed E-state index contributed by atoms with van der Waals surface area (Å²) in [4.78, 5) is 11.3. The molecule has 154 valence electrons. The van der Waals surface area contributed by atoms with Gasteiger partial charge in [-0.2, -0.15) is 0 Å². The van der Waals surface area contributed by atoms with Crippen LogP contribution in [-0.4, -0.2) is 23.4 Å². The van der Waals surface area contributed by atoms with E-state index in [1.807, 2.05) is 0 Å². The minimum Gasteiger partial charge on any atom is -0.482 e. The molecule has 0 bridgehead atoms. The molecule has 0 aliphatic rings. The van der Waals surface area contributed by atoms with Crippen molar-refractivity contribution >= 4 is 34.9 Å². The van der Waals surface area contributed by atoms with Crippen LogP contribution in [0.3, 0.4) is 0 Å². The Bertz CT molecular complexity index is 1040. The Morgan fingerprint density at radius 3 is 2.13 bits per heavy atom. The van der Waals surface area contributed by atoms with Gasteiger partial charge in [0.2, 0.25) is 0 Å². The molecule has 30 heavy (non-hydrogen) atoms. The number of thioether (sulfide) groups is 1. The Hall–Kier alpha value is -2.83. The highest BCUT2D eigenvalue weighted by Gasteiger charge is 2.13. The summed E-state index contributed by atoms with van der Waals surface area (Å²) in [5, 5.41) is 9.07. The number of carboxylic acid groups (broad SMARTS) is 1. The molecular formula is C23H17ClF2O3S. The van der Waals surface area contributed by atoms with Crippen molar-refractivity contribution in [2.45, 2.75) is 4.90 Å². The molecule has 0 unspecified atom stereocenters. The molecule has 3 aromatic carbocycles. The first kappa shape index (κ1) is 21.9. The van der Waals surface area contributed by atoms with Crippen LogP contribution < -0.4 is 4.74 Å². The van der Waals surface area contributed by atoms with Crippen molar-refractivity contribution in [3.05, 3.63) is 101 Å². The number of hydrogen-bond acceptors (Lipinski definition) is 3. The van der Waals surface area contributed by atoms with Gasteiger partial charge < -0.3 is 9.84 Å². The van der Waals surface area contributed by atoms with E-state index in [0.717, 1.165) is 4.90 Å². The summed E-state index contributed by atoms with van der Waals surface area (Å²) in [6.45, 7) is -0.458. The second kappa shape index (κ2) is 10.3. The van der Waals surface area contributed by atoms with E-state index in [9.17, 15) is 13.6 Å². The van der Waals surface area contributed by atoms with Crippen LogP contribution in [0.15, 0.2) is 77.7 Å². The average Bonchev–Trinajstić information content (AvgIpc) is 2.72. The smallest absolute Gasteiger partial charge is 0.341 e. The van der Waals surface area contributed by atoms with Gasteiger partial charge in [-0.3, -0.25) is 0 Å². The number of carboxylic acids is 1. The lowest BCUT2D eigenvalue weighted by molar-refractivity contribution is -0.139. The Morgan fingerprint density at radius 1 is 1.00 bits per heavy atom. The van der Waals surface area contributed by atoms with Crippen molar-refractivity contribution in [2.75, 3.05) is 12.4 Å². The van der Waals surface area contributed by atoms with Crippen molar-refractivity contribution in [2.24, 2.45) is 0 Å². The lowest BCUT2D eigenvalue weighted by Crippen LogP contribution is -2.09. The molecular weight excluding hydrogens is 430 g/mol. The maximum atomic E-state index is 14.4. The predicted octanol–water partition coefficient (Wildman–Crippen LogP) is 6.31. The molecule has 0 heterocycles. The Balaban J connectivity index is 1.83. The molecule has 0 aliphatic carbocycles. The van der Waals surface area contributed by atoms with Crippen LogP contribution in [0.5, 0.6) is 5.75 Å². The molecule has 0 amide bonds. The Morgan fingerprint density at radius 2 is 1.60 bits per heavy atom. The zero-order valence-electron chi connectivity index (χ0n) is 15.6. The quantitative estimate of drug-likeness (QED) is 0.412. The van der Waals surface area contributed by atoms with Crippen LogP contribution in [0.25, 0.3) is 5.57 Å². The molecule has 3 rings (SSSR count). The van der Waals surface area contributed by atoms with Gasteiger partial charge in [-0.05, 0) is 35.9 Å². The van der Waals surface area contributed by atoms with E-state index in [2.05, 4.69) is 0 Å². The highest BCUT2D eigenvalue weighted by molar-refractivity contribution is 7.99. The van der Waals surface area contributed by atoms with Gasteiger partial charge in [-0.25, -0.2) is 13.6 Å². The molecule has 0 saturated carbocycles. The highest BCUT2D eigenvalue weighted by atomic mass is 35.5. The lowest BCUT2D eigenvalue weighted by atomic mass is 9.97. The van der Waals surface area contributed by atoms with E-state index in [0.29, 0.717) is 33.2 Å². The first-order valence-electron chi connectivity index (χ1n) is 8.92. The third-order valence-electron chi connectivity index (χ3n) is 4.12. The average molecular weight is 447 g/mol. The van der Waals surface area contributed by atoms with Gasteiger partial charge in [-0.15, -0.1) is 11.8 Å². The molecule has 0 atom stereocenters. The summed E-state index contributed by atoms with van der Waals surface area (Å²) in [7, 11) is 0. The van der Waals surface area contributed by atoms with Crippen LogP contribution >= 0.6 is 23.4 Å². The third kappa shape index (κ3) is 5.62. The monoisotopic (exact) mass is 446 g/mol. The minimum atomic E-state index is -1.08. The van der Waals surface area contributed by atoms with Crippen LogP contribution in [0.4, 0.5) is 8.78 Å². The molecule has 1 N–H and O–H groups in total. The normalized spacial score (nSPS) is 10.5. The fraction of sp³-hybridized carbons (Fsp3) is 0.0870. The summed E-state index contributed by atoms with van der Waals surface area (Å²) < 4.78 is 33.9. The number of benzene rings is 3. The fourth-order valence-electron chi connectivity index (χ4n) is 2.77. The Kier molecular flexibility index (Phi) is 7.49. The second-order valence-electron chi connectivity index (χ2n) is 6.16. The first-order chi connectivity index (χ1) is 14.5. The van der Waals surface area contributed by atoms with Crippen molar-refractivity contribution in [1.29, 1.82) is 0 Å². The number of carbonyl (C=O) groups is 1. The zero-order valence-corrected chi connectivity index (χ0v) is 17.2. The van der Waals surface area contributed by atoms with Gasteiger partial charge in [0.1, 0.15) is 17.4 Å². The summed E-state index contributed by atoms with van der Waals surface area (Å²) in [6, 6.07) is 17.3. The fourth-order valence-corrected chi connectivity index (χ4v) is 3.90. The maximum absolute atomic E-state index is 14.4. The Labute approximate surface area is 182 Å². The topological polar surface area (TPSA) is 46.5 Å². The number of aliphatic carboxylic acids is 1. The third-order valence-corrected chi connectivity index (χ3v) is 5.55. The SMILES string of the molecule is O=C(O)COc1ccc(SCC=C(c2ccccc2F)c2ccccc2F)c(Cl)c1. The summed E-state index contributed by atoms with van der Waals surface area (Å²) in [6.07, 6.45) is 1.76. The van der Waals surface area contributed by atoms with Gasteiger partial charge >= 0.3 is 5.97 Å². The summed E-state index contributed by atoms with van der Waals surface area (Å²) in [5.74, 6) is -1.19. The standard InChI is InChI=1S/C23H17ClF2O3S/c24-19-13-15(29-14-23(27)28)9-10-22(19)30-12-11-16(17-5-1-3-7-20(17)25)18-6-2-4-8-21(18)26/h1-11,13H,12,14H2,(H,27,28).